The SMILES string of the molecule is CCn1cc(C(O)c2ccccc2Cl)cn1. The van der Waals surface area contributed by atoms with Crippen molar-refractivity contribution in [2.45, 2.75) is 19.6 Å². The second kappa shape index (κ2) is 4.68. The summed E-state index contributed by atoms with van der Waals surface area (Å²) in [4.78, 5) is 0. The molecule has 1 N–H and O–H groups in total. The Bertz CT molecular complexity index is 481. The largest absolute Gasteiger partial charge is 0.383 e. The lowest BCUT2D eigenvalue weighted by atomic mass is 10.1. The summed E-state index contributed by atoms with van der Waals surface area (Å²) < 4.78 is 1.77. The van der Waals surface area contributed by atoms with E-state index in [0.717, 1.165) is 12.1 Å². The van der Waals surface area contributed by atoms with Crippen molar-refractivity contribution in [3.63, 3.8) is 0 Å². The molecular weight excluding hydrogens is 224 g/mol. The molecule has 84 valence electrons. The first-order valence-electron chi connectivity index (χ1n) is 5.17. The summed E-state index contributed by atoms with van der Waals surface area (Å²) in [6.45, 7) is 2.79. The van der Waals surface area contributed by atoms with Gasteiger partial charge in [-0.15, -0.1) is 0 Å². The molecule has 0 saturated heterocycles. The quantitative estimate of drug-likeness (QED) is 0.890. The van der Waals surface area contributed by atoms with Crippen LogP contribution < -0.4 is 0 Å². The molecule has 0 saturated carbocycles. The third kappa shape index (κ3) is 2.10. The van der Waals surface area contributed by atoms with E-state index in [2.05, 4.69) is 5.10 Å². The zero-order chi connectivity index (χ0) is 11.5. The minimum Gasteiger partial charge on any atom is -0.383 e. The van der Waals surface area contributed by atoms with Crippen LogP contribution in [0.5, 0.6) is 0 Å². The zero-order valence-electron chi connectivity index (χ0n) is 8.97. The molecule has 0 amide bonds. The van der Waals surface area contributed by atoms with E-state index in [4.69, 9.17) is 11.6 Å². The lowest BCUT2D eigenvalue weighted by Gasteiger charge is -2.10. The first-order chi connectivity index (χ1) is 7.72. The highest BCUT2D eigenvalue weighted by Gasteiger charge is 2.14. The van der Waals surface area contributed by atoms with Crippen molar-refractivity contribution in [3.05, 3.63) is 52.8 Å². The van der Waals surface area contributed by atoms with Crippen molar-refractivity contribution >= 4 is 11.6 Å². The number of hydrogen-bond donors (Lipinski definition) is 1. The molecule has 1 atom stereocenters. The first kappa shape index (κ1) is 11.2. The number of halogens is 1. The van der Waals surface area contributed by atoms with Crippen LogP contribution in [0.3, 0.4) is 0 Å². The maximum atomic E-state index is 10.1. The molecule has 16 heavy (non-hydrogen) atoms. The van der Waals surface area contributed by atoms with E-state index < -0.39 is 6.10 Å². The Labute approximate surface area is 99.3 Å². The van der Waals surface area contributed by atoms with Crippen LogP contribution in [0, 0.1) is 0 Å². The molecule has 0 aliphatic heterocycles. The minimum atomic E-state index is -0.714. The molecule has 4 heteroatoms. The molecule has 2 aromatic rings. The third-order valence-corrected chi connectivity index (χ3v) is 2.84. The first-order valence-corrected chi connectivity index (χ1v) is 5.55. The highest BCUT2D eigenvalue weighted by Crippen LogP contribution is 2.27. The number of benzene rings is 1. The van der Waals surface area contributed by atoms with Crippen LogP contribution in [0.15, 0.2) is 36.7 Å². The number of aliphatic hydroxyl groups excluding tert-OH is 1. The molecule has 2 rings (SSSR count). The number of nitrogens with zero attached hydrogens (tertiary/aromatic N) is 2. The maximum absolute atomic E-state index is 10.1. The van der Waals surface area contributed by atoms with E-state index in [1.54, 1.807) is 16.9 Å². The molecule has 1 aromatic carbocycles. The number of aromatic nitrogens is 2. The van der Waals surface area contributed by atoms with Crippen LogP contribution in [0.1, 0.15) is 24.2 Å². The van der Waals surface area contributed by atoms with Gasteiger partial charge >= 0.3 is 0 Å². The van der Waals surface area contributed by atoms with E-state index in [1.165, 1.54) is 0 Å². The molecule has 0 aliphatic rings. The van der Waals surface area contributed by atoms with Crippen LogP contribution >= 0.6 is 11.6 Å². The molecular formula is C12H13ClN2O. The van der Waals surface area contributed by atoms with Crippen molar-refractivity contribution in [1.82, 2.24) is 9.78 Å². The van der Waals surface area contributed by atoms with Gasteiger partial charge in [-0.05, 0) is 13.0 Å². The number of aryl methyl sites for hydroxylation is 1. The fourth-order valence-electron chi connectivity index (χ4n) is 1.57. The summed E-state index contributed by atoms with van der Waals surface area (Å²) in [5.41, 5.74) is 1.47. The monoisotopic (exact) mass is 236 g/mol. The van der Waals surface area contributed by atoms with Gasteiger partial charge in [-0.25, -0.2) is 0 Å². The van der Waals surface area contributed by atoms with E-state index in [0.29, 0.717) is 10.6 Å². The number of rotatable bonds is 3. The smallest absolute Gasteiger partial charge is 0.109 e. The Balaban J connectivity index is 2.31. The van der Waals surface area contributed by atoms with Crippen molar-refractivity contribution in [1.29, 1.82) is 0 Å². The third-order valence-electron chi connectivity index (χ3n) is 2.49. The Morgan fingerprint density at radius 3 is 2.81 bits per heavy atom. The standard InChI is InChI=1S/C12H13ClN2O/c1-2-15-8-9(7-14-15)12(16)10-5-3-4-6-11(10)13/h3-8,12,16H,2H2,1H3. The highest BCUT2D eigenvalue weighted by molar-refractivity contribution is 6.31. The summed E-state index contributed by atoms with van der Waals surface area (Å²) in [7, 11) is 0. The molecule has 1 aromatic heterocycles. The fraction of sp³-hybridized carbons (Fsp3) is 0.250. The van der Waals surface area contributed by atoms with Crippen molar-refractivity contribution in [3.8, 4) is 0 Å². The Morgan fingerprint density at radius 1 is 1.44 bits per heavy atom. The molecule has 1 heterocycles. The average Bonchev–Trinajstić information content (AvgIpc) is 2.77. The van der Waals surface area contributed by atoms with E-state index in [-0.39, 0.29) is 0 Å². The highest BCUT2D eigenvalue weighted by atomic mass is 35.5. The predicted octanol–water partition coefficient (Wildman–Crippen LogP) is 2.64. The van der Waals surface area contributed by atoms with Gasteiger partial charge in [0.15, 0.2) is 0 Å². The van der Waals surface area contributed by atoms with Gasteiger partial charge < -0.3 is 5.11 Å². The summed E-state index contributed by atoms with van der Waals surface area (Å²) >= 11 is 6.02. The van der Waals surface area contributed by atoms with Crippen LogP contribution in [0.4, 0.5) is 0 Å². The minimum absolute atomic E-state index is 0.569. The van der Waals surface area contributed by atoms with Crippen LogP contribution in [0.25, 0.3) is 0 Å². The van der Waals surface area contributed by atoms with Crippen molar-refractivity contribution in [2.75, 3.05) is 0 Å². The Kier molecular flexibility index (Phi) is 3.27. The zero-order valence-corrected chi connectivity index (χ0v) is 9.72. The van der Waals surface area contributed by atoms with Crippen LogP contribution in [-0.2, 0) is 6.54 Å². The average molecular weight is 237 g/mol. The van der Waals surface area contributed by atoms with Crippen LogP contribution in [-0.4, -0.2) is 14.9 Å². The Morgan fingerprint density at radius 2 is 2.19 bits per heavy atom. The fourth-order valence-corrected chi connectivity index (χ4v) is 1.81. The summed E-state index contributed by atoms with van der Waals surface area (Å²) in [5.74, 6) is 0. The number of aliphatic hydroxyl groups is 1. The predicted molar refractivity (Wildman–Crippen MR) is 63.4 cm³/mol. The molecule has 3 nitrogen and oxygen atoms in total. The molecule has 0 fully saturated rings. The number of hydrogen-bond acceptors (Lipinski definition) is 2. The van der Waals surface area contributed by atoms with Gasteiger partial charge in [-0.2, -0.15) is 5.10 Å². The van der Waals surface area contributed by atoms with Gasteiger partial charge in [0, 0.05) is 28.9 Å². The van der Waals surface area contributed by atoms with Gasteiger partial charge in [0.25, 0.3) is 0 Å². The van der Waals surface area contributed by atoms with Gasteiger partial charge in [0.2, 0.25) is 0 Å². The second-order valence-electron chi connectivity index (χ2n) is 3.55. The maximum Gasteiger partial charge on any atom is 0.109 e. The molecule has 0 spiro atoms. The van der Waals surface area contributed by atoms with Crippen LogP contribution in [0.2, 0.25) is 5.02 Å². The molecule has 0 bridgehead atoms. The van der Waals surface area contributed by atoms with E-state index in [1.807, 2.05) is 31.3 Å². The van der Waals surface area contributed by atoms with Gasteiger partial charge in [0.05, 0.1) is 6.20 Å². The Hall–Kier alpha value is -1.32. The van der Waals surface area contributed by atoms with E-state index in [9.17, 15) is 5.11 Å². The van der Waals surface area contributed by atoms with Gasteiger partial charge in [-0.1, -0.05) is 29.8 Å². The normalized spacial score (nSPS) is 12.7. The van der Waals surface area contributed by atoms with Gasteiger partial charge in [-0.3, -0.25) is 4.68 Å². The van der Waals surface area contributed by atoms with Crippen molar-refractivity contribution < 1.29 is 5.11 Å². The van der Waals surface area contributed by atoms with E-state index >= 15 is 0 Å². The van der Waals surface area contributed by atoms with Gasteiger partial charge in [0.1, 0.15) is 6.10 Å². The molecule has 0 radical (unpaired) electrons. The summed E-state index contributed by atoms with van der Waals surface area (Å²) in [6, 6.07) is 7.28. The topological polar surface area (TPSA) is 38.0 Å². The molecule has 1 unspecified atom stereocenters. The van der Waals surface area contributed by atoms with Crippen molar-refractivity contribution in [2.24, 2.45) is 0 Å². The summed E-state index contributed by atoms with van der Waals surface area (Å²) in [6.07, 6.45) is 2.78. The summed E-state index contributed by atoms with van der Waals surface area (Å²) in [5, 5.41) is 14.8. The molecule has 0 aliphatic carbocycles. The lowest BCUT2D eigenvalue weighted by molar-refractivity contribution is 0.220. The second-order valence-corrected chi connectivity index (χ2v) is 3.96. The lowest BCUT2D eigenvalue weighted by Crippen LogP contribution is -1.99.